The number of carbonyl (C=O) groups excluding carboxylic acids is 1. The Kier molecular flexibility index (Phi) is 9.37. The topological polar surface area (TPSA) is 56.7 Å². The second-order valence-corrected chi connectivity index (χ2v) is 8.95. The summed E-state index contributed by atoms with van der Waals surface area (Å²) in [6, 6.07) is 7.10. The van der Waals surface area contributed by atoms with Crippen molar-refractivity contribution in [3.8, 4) is 0 Å². The number of nitrogens with one attached hydrogen (secondary N) is 2. The minimum absolute atomic E-state index is 0. The fraction of sp³-hybridized carbons (Fsp3) is 0.652. The molecule has 1 aromatic carbocycles. The molecule has 1 aromatic rings. The van der Waals surface area contributed by atoms with Crippen LogP contribution in [-0.4, -0.2) is 49.0 Å². The number of hydrogen-bond acceptors (Lipinski definition) is 2. The largest absolute Gasteiger partial charge is 0.357 e. The molecule has 2 aliphatic rings. The molecule has 1 aliphatic heterocycles. The molecule has 0 spiro atoms. The van der Waals surface area contributed by atoms with Crippen molar-refractivity contribution >= 4 is 35.8 Å². The Bertz CT molecular complexity index is 734. The Balaban J connectivity index is 0.00000320. The van der Waals surface area contributed by atoms with E-state index in [9.17, 15) is 9.18 Å². The lowest BCUT2D eigenvalue weighted by Gasteiger charge is -2.25. The molecular weight excluding hydrogens is 494 g/mol. The highest BCUT2D eigenvalue weighted by Crippen LogP contribution is 2.28. The van der Waals surface area contributed by atoms with Crippen LogP contribution in [0.5, 0.6) is 0 Å². The van der Waals surface area contributed by atoms with Gasteiger partial charge in [0.05, 0.1) is 6.54 Å². The first-order chi connectivity index (χ1) is 13.9. The molecule has 0 bridgehead atoms. The summed E-state index contributed by atoms with van der Waals surface area (Å²) in [4.78, 5) is 19.4. The molecule has 168 valence electrons. The summed E-state index contributed by atoms with van der Waals surface area (Å²) in [6.45, 7) is 8.82. The summed E-state index contributed by atoms with van der Waals surface area (Å²) in [6.07, 6.45) is 5.38. The Hall–Kier alpha value is -1.38. The van der Waals surface area contributed by atoms with Gasteiger partial charge in [0.1, 0.15) is 5.82 Å². The van der Waals surface area contributed by atoms with Gasteiger partial charge >= 0.3 is 0 Å². The molecule has 1 saturated carbocycles. The lowest BCUT2D eigenvalue weighted by molar-refractivity contribution is -0.134. The van der Waals surface area contributed by atoms with Crippen molar-refractivity contribution in [2.24, 2.45) is 10.9 Å². The molecular formula is C23H36FIN4O. The fourth-order valence-electron chi connectivity index (χ4n) is 4.39. The molecule has 1 amide bonds. The number of benzene rings is 1. The van der Waals surface area contributed by atoms with Crippen molar-refractivity contribution in [3.05, 3.63) is 35.6 Å². The number of amides is 1. The monoisotopic (exact) mass is 530 g/mol. The quantitative estimate of drug-likeness (QED) is 0.332. The number of nitrogens with zero attached hydrogens (tertiary/aromatic N) is 2. The van der Waals surface area contributed by atoms with Gasteiger partial charge < -0.3 is 15.5 Å². The van der Waals surface area contributed by atoms with Crippen LogP contribution in [0.25, 0.3) is 0 Å². The van der Waals surface area contributed by atoms with E-state index in [0.717, 1.165) is 44.9 Å². The van der Waals surface area contributed by atoms with Gasteiger partial charge in [-0.3, -0.25) is 9.79 Å². The number of hydrogen-bond donors (Lipinski definition) is 2. The fourth-order valence-corrected chi connectivity index (χ4v) is 4.39. The Morgan fingerprint density at radius 2 is 1.93 bits per heavy atom. The molecule has 1 aliphatic carbocycles. The van der Waals surface area contributed by atoms with Crippen LogP contribution in [-0.2, 0) is 10.2 Å². The van der Waals surface area contributed by atoms with Gasteiger partial charge in [0.15, 0.2) is 5.96 Å². The zero-order chi connectivity index (χ0) is 20.9. The van der Waals surface area contributed by atoms with Crippen molar-refractivity contribution in [3.63, 3.8) is 0 Å². The van der Waals surface area contributed by atoms with Crippen molar-refractivity contribution in [1.29, 1.82) is 0 Å². The molecule has 0 radical (unpaired) electrons. The zero-order valence-corrected chi connectivity index (χ0v) is 20.7. The van der Waals surface area contributed by atoms with Gasteiger partial charge in [0.25, 0.3) is 0 Å². The predicted octanol–water partition coefficient (Wildman–Crippen LogP) is 4.07. The molecule has 1 saturated heterocycles. The van der Waals surface area contributed by atoms with Crippen LogP contribution in [0.1, 0.15) is 58.4 Å². The molecule has 30 heavy (non-hydrogen) atoms. The third kappa shape index (κ3) is 6.31. The molecule has 1 unspecified atom stereocenters. The minimum Gasteiger partial charge on any atom is -0.357 e. The van der Waals surface area contributed by atoms with E-state index in [1.165, 1.54) is 18.9 Å². The van der Waals surface area contributed by atoms with Crippen LogP contribution in [0.4, 0.5) is 4.39 Å². The minimum atomic E-state index is -0.409. The summed E-state index contributed by atoms with van der Waals surface area (Å²) in [5.74, 6) is 1.10. The molecule has 2 N–H and O–H groups in total. The van der Waals surface area contributed by atoms with Crippen molar-refractivity contribution in [2.75, 3.05) is 26.2 Å². The molecule has 1 heterocycles. The average molecular weight is 530 g/mol. The standard InChI is InChI=1S/C23H35FN4O.HI/c1-4-25-22(26-16-23(2,3)19-11-7-8-12-20(19)24)27-18-13-14-28(15-18)21(29)17-9-5-6-10-17;/h7-8,11-12,17-18H,4-6,9-10,13-16H2,1-3H3,(H2,25,26,27);1H. The molecule has 3 rings (SSSR count). The summed E-state index contributed by atoms with van der Waals surface area (Å²) < 4.78 is 14.2. The van der Waals surface area contributed by atoms with Crippen molar-refractivity contribution < 1.29 is 9.18 Å². The number of carbonyl (C=O) groups is 1. The van der Waals surface area contributed by atoms with Gasteiger partial charge in [-0.1, -0.05) is 44.9 Å². The first-order valence-electron chi connectivity index (χ1n) is 11.0. The smallest absolute Gasteiger partial charge is 0.225 e. The normalized spacial score (nSPS) is 20.2. The summed E-state index contributed by atoms with van der Waals surface area (Å²) in [5.41, 5.74) is 0.266. The van der Waals surface area contributed by atoms with Crippen LogP contribution in [0.3, 0.4) is 0 Å². The summed E-state index contributed by atoms with van der Waals surface area (Å²) >= 11 is 0. The maximum Gasteiger partial charge on any atom is 0.225 e. The van der Waals surface area contributed by atoms with Gasteiger partial charge in [-0.05, 0) is 37.8 Å². The zero-order valence-electron chi connectivity index (χ0n) is 18.4. The highest BCUT2D eigenvalue weighted by molar-refractivity contribution is 14.0. The third-order valence-corrected chi connectivity index (χ3v) is 6.12. The third-order valence-electron chi connectivity index (χ3n) is 6.12. The van der Waals surface area contributed by atoms with Gasteiger partial charge in [-0.2, -0.15) is 0 Å². The number of halogens is 2. The Labute approximate surface area is 197 Å². The Morgan fingerprint density at radius 3 is 2.60 bits per heavy atom. The molecule has 7 heteroatoms. The van der Waals surface area contributed by atoms with E-state index in [1.54, 1.807) is 6.07 Å². The highest BCUT2D eigenvalue weighted by Gasteiger charge is 2.32. The SMILES string of the molecule is CCNC(=NCC(C)(C)c1ccccc1F)NC1CCN(C(=O)C2CCCC2)C1.I. The number of rotatable bonds is 6. The van der Waals surface area contributed by atoms with Crippen molar-refractivity contribution in [1.82, 2.24) is 15.5 Å². The molecule has 2 fully saturated rings. The van der Waals surface area contributed by atoms with Gasteiger partial charge in [0, 0.05) is 37.0 Å². The average Bonchev–Trinajstić information content (AvgIpc) is 3.38. The van der Waals surface area contributed by atoms with Crippen molar-refractivity contribution in [2.45, 2.75) is 64.3 Å². The number of aliphatic imine (C=N–C) groups is 1. The van der Waals surface area contributed by atoms with Gasteiger partial charge in [-0.25, -0.2) is 4.39 Å². The van der Waals surface area contributed by atoms with Crippen LogP contribution < -0.4 is 10.6 Å². The Morgan fingerprint density at radius 1 is 1.23 bits per heavy atom. The molecule has 5 nitrogen and oxygen atoms in total. The summed E-state index contributed by atoms with van der Waals surface area (Å²) in [7, 11) is 0. The first-order valence-corrected chi connectivity index (χ1v) is 11.0. The highest BCUT2D eigenvalue weighted by atomic mass is 127. The molecule has 0 aromatic heterocycles. The number of guanidine groups is 1. The maximum absolute atomic E-state index is 14.2. The molecule has 1 atom stereocenters. The van der Waals surface area contributed by atoms with E-state index in [2.05, 4.69) is 10.6 Å². The lowest BCUT2D eigenvalue weighted by Crippen LogP contribution is -2.46. The van der Waals surface area contributed by atoms with Crippen LogP contribution in [0, 0.1) is 11.7 Å². The van der Waals surface area contributed by atoms with E-state index in [-0.39, 0.29) is 41.8 Å². The summed E-state index contributed by atoms with van der Waals surface area (Å²) in [5, 5.41) is 6.77. The maximum atomic E-state index is 14.2. The number of likely N-dealkylation sites (tertiary alicyclic amines) is 1. The first kappa shape index (κ1) is 24.9. The van der Waals surface area contributed by atoms with Gasteiger partial charge in [-0.15, -0.1) is 24.0 Å². The van der Waals surface area contributed by atoms with E-state index in [1.807, 2.05) is 37.8 Å². The van der Waals surface area contributed by atoms with E-state index < -0.39 is 5.41 Å². The second-order valence-electron chi connectivity index (χ2n) is 8.95. The second kappa shape index (κ2) is 11.3. The van der Waals surface area contributed by atoms with Crippen LogP contribution >= 0.6 is 24.0 Å². The van der Waals surface area contributed by atoms with E-state index in [4.69, 9.17) is 4.99 Å². The predicted molar refractivity (Wildman–Crippen MR) is 131 cm³/mol. The lowest BCUT2D eigenvalue weighted by atomic mass is 9.84. The van der Waals surface area contributed by atoms with E-state index >= 15 is 0 Å². The van der Waals surface area contributed by atoms with Crippen LogP contribution in [0.15, 0.2) is 29.3 Å². The van der Waals surface area contributed by atoms with Crippen LogP contribution in [0.2, 0.25) is 0 Å². The van der Waals surface area contributed by atoms with E-state index in [0.29, 0.717) is 18.0 Å². The van der Waals surface area contributed by atoms with Gasteiger partial charge in [0.2, 0.25) is 5.91 Å².